The molecule has 0 bridgehead atoms. The highest BCUT2D eigenvalue weighted by molar-refractivity contribution is 9.10. The van der Waals surface area contributed by atoms with Gasteiger partial charge in [-0.25, -0.2) is 4.39 Å². The fourth-order valence-corrected chi connectivity index (χ4v) is 2.05. The van der Waals surface area contributed by atoms with E-state index in [0.717, 1.165) is 5.56 Å². The van der Waals surface area contributed by atoms with Gasteiger partial charge in [0.25, 0.3) is 5.91 Å². The van der Waals surface area contributed by atoms with Crippen LogP contribution in [0.25, 0.3) is 0 Å². The van der Waals surface area contributed by atoms with Crippen LogP contribution >= 0.6 is 15.9 Å². The number of halogens is 2. The summed E-state index contributed by atoms with van der Waals surface area (Å²) in [6.07, 6.45) is 0. The summed E-state index contributed by atoms with van der Waals surface area (Å²) in [4.78, 5) is 12.0. The Morgan fingerprint density at radius 2 is 1.89 bits per heavy atom. The number of hydrogen-bond donors (Lipinski definition) is 2. The summed E-state index contributed by atoms with van der Waals surface area (Å²) < 4.78 is 13.3. The van der Waals surface area contributed by atoms with E-state index in [2.05, 4.69) is 21.2 Å². The molecular formula is C14H12BrFN2O. The molecule has 0 aliphatic heterocycles. The van der Waals surface area contributed by atoms with E-state index in [1.54, 1.807) is 30.3 Å². The Labute approximate surface area is 118 Å². The first-order valence-electron chi connectivity index (χ1n) is 5.64. The second kappa shape index (κ2) is 5.84. The first-order valence-corrected chi connectivity index (χ1v) is 6.44. The standard InChI is InChI=1S/C14H12BrFN2O/c15-13-11(2-1-3-12(13)17)14(19)18-8-9-4-6-10(16)7-5-9/h1-7H,8,17H2,(H,18,19). The average Bonchev–Trinajstić information content (AvgIpc) is 2.41. The van der Waals surface area contributed by atoms with Crippen molar-refractivity contribution in [3.63, 3.8) is 0 Å². The molecule has 3 N–H and O–H groups in total. The first kappa shape index (κ1) is 13.5. The summed E-state index contributed by atoms with van der Waals surface area (Å²) in [6, 6.07) is 11.1. The molecule has 0 aromatic heterocycles. The van der Waals surface area contributed by atoms with Crippen LogP contribution in [0.4, 0.5) is 10.1 Å². The molecule has 0 unspecified atom stereocenters. The minimum absolute atomic E-state index is 0.233. The smallest absolute Gasteiger partial charge is 0.252 e. The van der Waals surface area contributed by atoms with Crippen LogP contribution in [0.15, 0.2) is 46.9 Å². The average molecular weight is 323 g/mol. The molecule has 2 aromatic rings. The van der Waals surface area contributed by atoms with Crippen LogP contribution in [0.2, 0.25) is 0 Å². The fourth-order valence-electron chi connectivity index (χ4n) is 1.61. The number of carbonyl (C=O) groups excluding carboxylic acids is 1. The molecule has 0 saturated carbocycles. The molecular weight excluding hydrogens is 311 g/mol. The Morgan fingerprint density at radius 1 is 1.21 bits per heavy atom. The summed E-state index contributed by atoms with van der Waals surface area (Å²) in [7, 11) is 0. The molecule has 19 heavy (non-hydrogen) atoms. The molecule has 1 amide bonds. The van der Waals surface area contributed by atoms with Gasteiger partial charge in [-0.3, -0.25) is 4.79 Å². The Kier molecular flexibility index (Phi) is 4.16. The van der Waals surface area contributed by atoms with Crippen LogP contribution in [-0.2, 0) is 6.54 Å². The van der Waals surface area contributed by atoms with E-state index in [9.17, 15) is 9.18 Å². The molecule has 0 fully saturated rings. The zero-order chi connectivity index (χ0) is 13.8. The van der Waals surface area contributed by atoms with Gasteiger partial charge in [-0.2, -0.15) is 0 Å². The van der Waals surface area contributed by atoms with Gasteiger partial charge >= 0.3 is 0 Å². The number of anilines is 1. The Balaban J connectivity index is 2.05. The van der Waals surface area contributed by atoms with Gasteiger partial charge in [0.05, 0.1) is 10.0 Å². The summed E-state index contributed by atoms with van der Waals surface area (Å²) in [5.41, 5.74) is 7.53. The second-order valence-corrected chi connectivity index (χ2v) is 4.81. The van der Waals surface area contributed by atoms with Crippen molar-refractivity contribution < 1.29 is 9.18 Å². The van der Waals surface area contributed by atoms with E-state index < -0.39 is 0 Å². The molecule has 0 saturated heterocycles. The molecule has 2 aromatic carbocycles. The first-order chi connectivity index (χ1) is 9.08. The number of amides is 1. The summed E-state index contributed by atoms with van der Waals surface area (Å²) in [5, 5.41) is 2.76. The molecule has 0 atom stereocenters. The fraction of sp³-hybridized carbons (Fsp3) is 0.0714. The highest BCUT2D eigenvalue weighted by Crippen LogP contribution is 2.23. The molecule has 0 heterocycles. The molecule has 0 radical (unpaired) electrons. The van der Waals surface area contributed by atoms with Crippen molar-refractivity contribution in [3.05, 3.63) is 63.9 Å². The van der Waals surface area contributed by atoms with Crippen LogP contribution in [0, 0.1) is 5.82 Å². The lowest BCUT2D eigenvalue weighted by Crippen LogP contribution is -2.23. The third kappa shape index (κ3) is 3.32. The minimum Gasteiger partial charge on any atom is -0.398 e. The van der Waals surface area contributed by atoms with Crippen molar-refractivity contribution in [3.8, 4) is 0 Å². The Hall–Kier alpha value is -1.88. The molecule has 3 nitrogen and oxygen atoms in total. The Bertz CT molecular complexity index is 599. The molecule has 5 heteroatoms. The third-order valence-corrected chi connectivity index (χ3v) is 3.52. The van der Waals surface area contributed by atoms with Crippen LogP contribution in [-0.4, -0.2) is 5.91 Å². The van der Waals surface area contributed by atoms with Crippen molar-refractivity contribution in [1.29, 1.82) is 0 Å². The van der Waals surface area contributed by atoms with Crippen molar-refractivity contribution in [2.75, 3.05) is 5.73 Å². The van der Waals surface area contributed by atoms with Crippen LogP contribution in [0.3, 0.4) is 0 Å². The lowest BCUT2D eigenvalue weighted by molar-refractivity contribution is 0.0950. The maximum atomic E-state index is 12.7. The predicted molar refractivity (Wildman–Crippen MR) is 76.1 cm³/mol. The van der Waals surface area contributed by atoms with Gasteiger partial charge in [0, 0.05) is 12.2 Å². The van der Waals surface area contributed by atoms with Crippen molar-refractivity contribution >= 4 is 27.5 Å². The highest BCUT2D eigenvalue weighted by Gasteiger charge is 2.11. The predicted octanol–water partition coefficient (Wildman–Crippen LogP) is 3.10. The number of nitrogen functional groups attached to an aromatic ring is 1. The van der Waals surface area contributed by atoms with Crippen molar-refractivity contribution in [2.45, 2.75) is 6.54 Å². The Morgan fingerprint density at radius 3 is 2.58 bits per heavy atom. The minimum atomic E-state index is -0.298. The summed E-state index contributed by atoms with van der Waals surface area (Å²) in [5.74, 6) is -0.530. The molecule has 0 aliphatic rings. The largest absolute Gasteiger partial charge is 0.398 e. The normalized spacial score (nSPS) is 10.2. The van der Waals surface area contributed by atoms with E-state index in [1.807, 2.05) is 0 Å². The second-order valence-electron chi connectivity index (χ2n) is 4.02. The van der Waals surface area contributed by atoms with Gasteiger partial charge in [0.15, 0.2) is 0 Å². The zero-order valence-electron chi connectivity index (χ0n) is 9.99. The van der Waals surface area contributed by atoms with Gasteiger partial charge in [-0.15, -0.1) is 0 Å². The SMILES string of the molecule is Nc1cccc(C(=O)NCc2ccc(F)cc2)c1Br. The monoisotopic (exact) mass is 322 g/mol. The van der Waals surface area contributed by atoms with E-state index >= 15 is 0 Å². The molecule has 0 aliphatic carbocycles. The number of carbonyl (C=O) groups is 1. The molecule has 2 rings (SSSR count). The van der Waals surface area contributed by atoms with E-state index in [4.69, 9.17) is 5.73 Å². The number of benzene rings is 2. The topological polar surface area (TPSA) is 55.1 Å². The van der Waals surface area contributed by atoms with Crippen LogP contribution in [0.5, 0.6) is 0 Å². The van der Waals surface area contributed by atoms with Gasteiger partial charge in [0.1, 0.15) is 5.82 Å². The van der Waals surface area contributed by atoms with E-state index in [1.165, 1.54) is 12.1 Å². The van der Waals surface area contributed by atoms with Crippen molar-refractivity contribution in [2.24, 2.45) is 0 Å². The van der Waals surface area contributed by atoms with Crippen LogP contribution in [0.1, 0.15) is 15.9 Å². The number of nitrogens with two attached hydrogens (primary N) is 1. The van der Waals surface area contributed by atoms with E-state index in [0.29, 0.717) is 22.3 Å². The summed E-state index contributed by atoms with van der Waals surface area (Å²) in [6.45, 7) is 0.334. The zero-order valence-corrected chi connectivity index (χ0v) is 11.6. The lowest BCUT2D eigenvalue weighted by atomic mass is 10.1. The van der Waals surface area contributed by atoms with Gasteiger partial charge in [-0.05, 0) is 45.8 Å². The van der Waals surface area contributed by atoms with Gasteiger partial charge in [-0.1, -0.05) is 18.2 Å². The highest BCUT2D eigenvalue weighted by atomic mass is 79.9. The van der Waals surface area contributed by atoms with Crippen molar-refractivity contribution in [1.82, 2.24) is 5.32 Å². The summed E-state index contributed by atoms with van der Waals surface area (Å²) >= 11 is 3.28. The number of rotatable bonds is 3. The van der Waals surface area contributed by atoms with E-state index in [-0.39, 0.29) is 11.7 Å². The van der Waals surface area contributed by atoms with Gasteiger partial charge < -0.3 is 11.1 Å². The maximum Gasteiger partial charge on any atom is 0.252 e. The number of nitrogens with one attached hydrogen (secondary N) is 1. The lowest BCUT2D eigenvalue weighted by Gasteiger charge is -2.08. The quantitative estimate of drug-likeness (QED) is 0.853. The third-order valence-electron chi connectivity index (χ3n) is 2.64. The number of hydrogen-bond acceptors (Lipinski definition) is 2. The molecule has 98 valence electrons. The maximum absolute atomic E-state index is 12.7. The van der Waals surface area contributed by atoms with Crippen LogP contribution < -0.4 is 11.1 Å². The van der Waals surface area contributed by atoms with Gasteiger partial charge in [0.2, 0.25) is 0 Å². The molecule has 0 spiro atoms.